The molecule has 1 unspecified atom stereocenters. The molecule has 154 valence electrons. The van der Waals surface area contributed by atoms with Crippen LogP contribution in [0.1, 0.15) is 51.0 Å². The van der Waals surface area contributed by atoms with Crippen LogP contribution in [0.3, 0.4) is 0 Å². The highest BCUT2D eigenvalue weighted by atomic mass is 16.5. The molecule has 0 saturated heterocycles. The zero-order chi connectivity index (χ0) is 19.9. The summed E-state index contributed by atoms with van der Waals surface area (Å²) in [6.07, 6.45) is 7.72. The number of benzene rings is 1. The number of hydrogen-bond donors (Lipinski definition) is 1. The molecule has 4 saturated carbocycles. The third-order valence-corrected chi connectivity index (χ3v) is 7.37. The first kappa shape index (κ1) is 19.6. The van der Waals surface area contributed by atoms with Crippen LogP contribution < -0.4 is 14.8 Å². The van der Waals surface area contributed by atoms with Gasteiger partial charge in [-0.15, -0.1) is 0 Å². The van der Waals surface area contributed by atoms with E-state index in [0.717, 1.165) is 34.8 Å². The third-order valence-electron chi connectivity index (χ3n) is 7.37. The summed E-state index contributed by atoms with van der Waals surface area (Å²) >= 11 is 0. The molecule has 4 aliphatic rings. The van der Waals surface area contributed by atoms with Crippen molar-refractivity contribution >= 4 is 5.91 Å². The molecular weight excluding hydrogens is 352 g/mol. The summed E-state index contributed by atoms with van der Waals surface area (Å²) in [5.41, 5.74) is 1.09. The van der Waals surface area contributed by atoms with Crippen molar-refractivity contribution in [1.82, 2.24) is 10.2 Å². The second kappa shape index (κ2) is 7.58. The number of methoxy groups -OCH3 is 2. The summed E-state index contributed by atoms with van der Waals surface area (Å²) in [6.45, 7) is 2.64. The lowest BCUT2D eigenvalue weighted by molar-refractivity contribution is -0.131. The van der Waals surface area contributed by atoms with Crippen LogP contribution >= 0.6 is 0 Å². The summed E-state index contributed by atoms with van der Waals surface area (Å²) in [4.78, 5) is 15.2. The molecule has 5 nitrogen and oxygen atoms in total. The Balaban J connectivity index is 1.42. The van der Waals surface area contributed by atoms with Gasteiger partial charge in [-0.25, -0.2) is 0 Å². The van der Waals surface area contributed by atoms with Crippen LogP contribution in [0.4, 0.5) is 0 Å². The number of amides is 1. The van der Waals surface area contributed by atoms with Crippen molar-refractivity contribution in [1.29, 1.82) is 0 Å². The molecule has 0 aliphatic heterocycles. The summed E-state index contributed by atoms with van der Waals surface area (Å²) < 4.78 is 10.9. The zero-order valence-corrected chi connectivity index (χ0v) is 17.7. The number of ether oxygens (including phenoxy) is 2. The topological polar surface area (TPSA) is 50.8 Å². The molecule has 1 aromatic carbocycles. The van der Waals surface area contributed by atoms with E-state index in [2.05, 4.69) is 10.2 Å². The highest BCUT2D eigenvalue weighted by molar-refractivity contribution is 5.82. The van der Waals surface area contributed by atoms with Crippen LogP contribution in [-0.2, 0) is 11.3 Å². The Labute approximate surface area is 168 Å². The average Bonchev–Trinajstić information content (AvgIpc) is 2.65. The molecule has 0 aromatic heterocycles. The minimum atomic E-state index is -0.191. The van der Waals surface area contributed by atoms with Crippen molar-refractivity contribution in [3.8, 4) is 11.5 Å². The van der Waals surface area contributed by atoms with Gasteiger partial charge in [-0.2, -0.15) is 0 Å². The van der Waals surface area contributed by atoms with E-state index in [1.54, 1.807) is 14.2 Å². The van der Waals surface area contributed by atoms with Crippen LogP contribution in [0.2, 0.25) is 0 Å². The Morgan fingerprint density at radius 3 is 2.29 bits per heavy atom. The molecule has 4 aliphatic carbocycles. The first-order valence-electron chi connectivity index (χ1n) is 10.6. The second-order valence-electron chi connectivity index (χ2n) is 9.43. The van der Waals surface area contributed by atoms with Crippen molar-refractivity contribution in [2.24, 2.45) is 17.8 Å². The van der Waals surface area contributed by atoms with Gasteiger partial charge in [-0.1, -0.05) is 12.1 Å². The number of likely N-dealkylation sites (N-methyl/N-ethyl adjacent to an activating group) is 1. The predicted octanol–water partition coefficient (Wildman–Crippen LogP) is 3.61. The lowest BCUT2D eigenvalue weighted by atomic mass is 9.53. The van der Waals surface area contributed by atoms with E-state index < -0.39 is 0 Å². The monoisotopic (exact) mass is 386 g/mol. The van der Waals surface area contributed by atoms with Gasteiger partial charge in [-0.05, 0) is 76.3 Å². The van der Waals surface area contributed by atoms with Gasteiger partial charge in [0.25, 0.3) is 0 Å². The van der Waals surface area contributed by atoms with Crippen molar-refractivity contribution < 1.29 is 14.3 Å². The van der Waals surface area contributed by atoms with E-state index in [1.165, 1.54) is 38.5 Å². The van der Waals surface area contributed by atoms with Gasteiger partial charge in [0, 0.05) is 17.6 Å². The predicted molar refractivity (Wildman–Crippen MR) is 110 cm³/mol. The zero-order valence-electron chi connectivity index (χ0n) is 17.7. The maximum Gasteiger partial charge on any atom is 0.237 e. The smallest absolute Gasteiger partial charge is 0.237 e. The molecule has 0 heterocycles. The van der Waals surface area contributed by atoms with Crippen LogP contribution in [-0.4, -0.2) is 43.7 Å². The molecule has 1 atom stereocenters. The first-order valence-corrected chi connectivity index (χ1v) is 10.6. The van der Waals surface area contributed by atoms with Crippen LogP contribution in [0.5, 0.6) is 11.5 Å². The van der Waals surface area contributed by atoms with Gasteiger partial charge < -0.3 is 14.8 Å². The van der Waals surface area contributed by atoms with E-state index in [-0.39, 0.29) is 17.5 Å². The fourth-order valence-corrected chi connectivity index (χ4v) is 6.31. The number of hydrogen-bond acceptors (Lipinski definition) is 4. The average molecular weight is 387 g/mol. The van der Waals surface area contributed by atoms with Crippen LogP contribution in [0, 0.1) is 17.8 Å². The minimum Gasteiger partial charge on any atom is -0.493 e. The molecule has 1 N–H and O–H groups in total. The van der Waals surface area contributed by atoms with E-state index in [0.29, 0.717) is 6.54 Å². The minimum absolute atomic E-state index is 0.0641. The van der Waals surface area contributed by atoms with Gasteiger partial charge in [0.1, 0.15) is 0 Å². The Morgan fingerprint density at radius 2 is 1.75 bits per heavy atom. The molecule has 5 heteroatoms. The van der Waals surface area contributed by atoms with Crippen LogP contribution in [0.25, 0.3) is 0 Å². The largest absolute Gasteiger partial charge is 0.493 e. The number of nitrogens with zero attached hydrogens (tertiary/aromatic N) is 1. The lowest BCUT2D eigenvalue weighted by Gasteiger charge is -2.57. The van der Waals surface area contributed by atoms with Crippen molar-refractivity contribution in [2.45, 2.75) is 63.6 Å². The van der Waals surface area contributed by atoms with Crippen molar-refractivity contribution in [2.75, 3.05) is 21.3 Å². The standard InChI is InChI=1S/C23H34N2O3/c1-15(25(2)14-19-6-5-7-20(27-3)21(19)28-4)22(26)24-23-11-16-8-17(12-23)10-18(9-16)13-23/h5-7,15-18H,8-14H2,1-4H3,(H,24,26). The SMILES string of the molecule is COc1cccc(CN(C)C(C)C(=O)NC23CC4CC(CC(C4)C2)C3)c1OC. The van der Waals surface area contributed by atoms with E-state index in [4.69, 9.17) is 9.47 Å². The molecule has 28 heavy (non-hydrogen) atoms. The number of carbonyl (C=O) groups is 1. The molecule has 0 radical (unpaired) electrons. The summed E-state index contributed by atoms with van der Waals surface area (Å²) in [6, 6.07) is 5.70. The Bertz CT molecular complexity index is 697. The number of nitrogens with one attached hydrogen (secondary N) is 1. The maximum atomic E-state index is 13.1. The summed E-state index contributed by atoms with van der Waals surface area (Å²) in [5.74, 6) is 4.12. The molecule has 0 spiro atoms. The summed E-state index contributed by atoms with van der Waals surface area (Å²) in [5, 5.41) is 3.51. The Hall–Kier alpha value is -1.75. The number of rotatable bonds is 7. The molecule has 5 rings (SSSR count). The maximum absolute atomic E-state index is 13.1. The number of para-hydroxylation sites is 1. The third kappa shape index (κ3) is 3.61. The van der Waals surface area contributed by atoms with E-state index in [1.807, 2.05) is 32.2 Å². The highest BCUT2D eigenvalue weighted by Crippen LogP contribution is 2.55. The number of carbonyl (C=O) groups excluding carboxylic acids is 1. The van der Waals surface area contributed by atoms with Crippen molar-refractivity contribution in [3.05, 3.63) is 23.8 Å². The van der Waals surface area contributed by atoms with E-state index in [9.17, 15) is 4.79 Å². The Kier molecular flexibility index (Phi) is 5.30. The fourth-order valence-electron chi connectivity index (χ4n) is 6.31. The van der Waals surface area contributed by atoms with Gasteiger partial charge in [0.15, 0.2) is 11.5 Å². The molecule has 4 bridgehead atoms. The molecule has 4 fully saturated rings. The molecular formula is C23H34N2O3. The second-order valence-corrected chi connectivity index (χ2v) is 9.43. The summed E-state index contributed by atoms with van der Waals surface area (Å²) in [7, 11) is 5.31. The van der Waals surface area contributed by atoms with Crippen LogP contribution in [0.15, 0.2) is 18.2 Å². The first-order chi connectivity index (χ1) is 13.4. The lowest BCUT2D eigenvalue weighted by Crippen LogP contribution is -2.62. The fraction of sp³-hybridized carbons (Fsp3) is 0.696. The highest BCUT2D eigenvalue weighted by Gasteiger charge is 2.51. The normalized spacial score (nSPS) is 31.7. The van der Waals surface area contributed by atoms with Crippen molar-refractivity contribution in [3.63, 3.8) is 0 Å². The van der Waals surface area contributed by atoms with Gasteiger partial charge in [-0.3, -0.25) is 9.69 Å². The Morgan fingerprint density at radius 1 is 1.14 bits per heavy atom. The van der Waals surface area contributed by atoms with Gasteiger partial charge in [0.05, 0.1) is 20.3 Å². The molecule has 1 amide bonds. The van der Waals surface area contributed by atoms with Gasteiger partial charge >= 0.3 is 0 Å². The molecule has 1 aromatic rings. The quantitative estimate of drug-likeness (QED) is 0.778. The van der Waals surface area contributed by atoms with Gasteiger partial charge in [0.2, 0.25) is 5.91 Å². The van der Waals surface area contributed by atoms with E-state index >= 15 is 0 Å².